The molecule has 0 saturated heterocycles. The van der Waals surface area contributed by atoms with Gasteiger partial charge in [-0.15, -0.1) is 0 Å². The van der Waals surface area contributed by atoms with E-state index in [0.717, 1.165) is 116 Å². The number of carbonyl (C=O) groups is 3. The third-order valence-corrected chi connectivity index (χ3v) is 12.7. The van der Waals surface area contributed by atoms with Crippen LogP contribution in [0.15, 0.2) is 134 Å². The fraction of sp³-hybridized carbons (Fsp3) is 0.638. The lowest BCUT2D eigenvalue weighted by molar-refractivity contribution is -0.166. The average Bonchev–Trinajstić information content (AvgIpc) is 3.41. The van der Waals surface area contributed by atoms with Crippen molar-refractivity contribution in [3.63, 3.8) is 0 Å². The minimum Gasteiger partial charge on any atom is -0.462 e. The van der Waals surface area contributed by atoms with E-state index >= 15 is 0 Å². The summed E-state index contributed by atoms with van der Waals surface area (Å²) < 4.78 is 16.8. The standard InChI is InChI=1S/C69H112O6/c1-4-7-10-13-16-19-22-25-26-27-28-29-30-31-32-33-34-35-36-37-38-39-40-41-42-45-47-50-53-56-59-62-68(71)74-65-66(75-69(72)63-60-57-54-51-48-44-24-21-18-15-12-9-6-3)64-73-67(70)61-58-55-52-49-46-43-23-20-17-14-11-8-5-2/h7,9-10,12,16,18-19,21,25-26,28-29,31-32,34-35,37-38,44,48,54,57,66H,4-6,8,11,13-15,17,20,22-24,27,30,33,36,39-43,45-47,49-53,55-56,58-65H2,1-3H3/b10-7-,12-9-,19-16-,21-18-,26-25-,29-28-,32-31-,35-34-,38-37-,48-44-,57-54-. The summed E-state index contributed by atoms with van der Waals surface area (Å²) in [7, 11) is 0. The van der Waals surface area contributed by atoms with Crippen LogP contribution in [0.4, 0.5) is 0 Å². The predicted molar refractivity (Wildman–Crippen MR) is 325 cm³/mol. The van der Waals surface area contributed by atoms with Crippen LogP contribution in [0, 0.1) is 0 Å². The van der Waals surface area contributed by atoms with E-state index in [-0.39, 0.29) is 31.6 Å². The number of hydrogen-bond donors (Lipinski definition) is 0. The van der Waals surface area contributed by atoms with Crippen LogP contribution < -0.4 is 0 Å². The third kappa shape index (κ3) is 60.3. The van der Waals surface area contributed by atoms with E-state index in [2.05, 4.69) is 142 Å². The van der Waals surface area contributed by atoms with E-state index in [1.807, 2.05) is 12.2 Å². The molecule has 0 amide bonds. The van der Waals surface area contributed by atoms with Crippen LogP contribution in [-0.2, 0) is 28.6 Å². The van der Waals surface area contributed by atoms with E-state index in [1.54, 1.807) is 0 Å². The Balaban J connectivity index is 4.29. The average molecular weight is 1040 g/mol. The molecule has 0 saturated carbocycles. The van der Waals surface area contributed by atoms with Gasteiger partial charge in [0.1, 0.15) is 13.2 Å². The first-order chi connectivity index (χ1) is 37.0. The lowest BCUT2D eigenvalue weighted by Crippen LogP contribution is -2.30. The maximum absolute atomic E-state index is 12.8. The summed E-state index contributed by atoms with van der Waals surface area (Å²) >= 11 is 0. The summed E-state index contributed by atoms with van der Waals surface area (Å²) in [6.45, 7) is 6.34. The predicted octanol–water partition coefficient (Wildman–Crippen LogP) is 21.0. The van der Waals surface area contributed by atoms with Crippen molar-refractivity contribution in [2.24, 2.45) is 0 Å². The Bertz CT molecular complexity index is 1620. The highest BCUT2D eigenvalue weighted by Gasteiger charge is 2.19. The largest absolute Gasteiger partial charge is 0.462 e. The maximum Gasteiger partial charge on any atom is 0.306 e. The topological polar surface area (TPSA) is 78.9 Å². The Labute approximate surface area is 462 Å². The molecule has 0 bridgehead atoms. The van der Waals surface area contributed by atoms with Gasteiger partial charge in [0.15, 0.2) is 6.10 Å². The van der Waals surface area contributed by atoms with Crippen LogP contribution in [0.2, 0.25) is 0 Å². The van der Waals surface area contributed by atoms with E-state index in [4.69, 9.17) is 14.2 Å². The van der Waals surface area contributed by atoms with Gasteiger partial charge in [0.2, 0.25) is 0 Å². The summed E-state index contributed by atoms with van der Waals surface area (Å²) in [6.07, 6.45) is 87.6. The number of carbonyl (C=O) groups excluding carboxylic acids is 3. The summed E-state index contributed by atoms with van der Waals surface area (Å²) in [5.41, 5.74) is 0. The van der Waals surface area contributed by atoms with Crippen LogP contribution in [0.1, 0.15) is 265 Å². The van der Waals surface area contributed by atoms with Gasteiger partial charge in [-0.05, 0) is 103 Å². The first kappa shape index (κ1) is 70.5. The lowest BCUT2D eigenvalue weighted by Gasteiger charge is -2.18. The van der Waals surface area contributed by atoms with Crippen LogP contribution in [0.5, 0.6) is 0 Å². The second-order valence-corrected chi connectivity index (χ2v) is 19.9. The van der Waals surface area contributed by atoms with Gasteiger partial charge < -0.3 is 14.2 Å². The Morgan fingerprint density at radius 3 is 0.867 bits per heavy atom. The molecule has 0 aliphatic rings. The highest BCUT2D eigenvalue weighted by atomic mass is 16.6. The number of allylic oxidation sites excluding steroid dienone is 22. The second-order valence-electron chi connectivity index (χ2n) is 19.9. The van der Waals surface area contributed by atoms with Gasteiger partial charge in [-0.25, -0.2) is 0 Å². The zero-order chi connectivity index (χ0) is 54.3. The molecule has 0 heterocycles. The van der Waals surface area contributed by atoms with Crippen molar-refractivity contribution in [3.8, 4) is 0 Å². The first-order valence-electron chi connectivity index (χ1n) is 30.7. The van der Waals surface area contributed by atoms with E-state index in [1.165, 1.54) is 103 Å². The highest BCUT2D eigenvalue weighted by molar-refractivity contribution is 5.71. The summed E-state index contributed by atoms with van der Waals surface area (Å²) in [4.78, 5) is 38.1. The highest BCUT2D eigenvalue weighted by Crippen LogP contribution is 2.15. The van der Waals surface area contributed by atoms with Gasteiger partial charge >= 0.3 is 17.9 Å². The first-order valence-corrected chi connectivity index (χ1v) is 30.7. The monoisotopic (exact) mass is 1040 g/mol. The Morgan fingerprint density at radius 2 is 0.547 bits per heavy atom. The van der Waals surface area contributed by atoms with Crippen molar-refractivity contribution in [2.45, 2.75) is 271 Å². The molecule has 6 nitrogen and oxygen atoms in total. The van der Waals surface area contributed by atoms with Crippen LogP contribution >= 0.6 is 0 Å². The Hall–Kier alpha value is -4.45. The SMILES string of the molecule is CC/C=C\C/C=C\C/C=C\C/C=C\C/C=C\C/C=C\C/C=C\CCCCCCCCCCCC(=O)OCC(COC(=O)CCCCCCCCCCCCCCC)OC(=O)CC/C=C\C/C=C\C/C=C\C/C=C\CC. The van der Waals surface area contributed by atoms with E-state index in [9.17, 15) is 14.4 Å². The molecule has 0 rings (SSSR count). The van der Waals surface area contributed by atoms with E-state index < -0.39 is 12.1 Å². The third-order valence-electron chi connectivity index (χ3n) is 12.7. The van der Waals surface area contributed by atoms with Crippen molar-refractivity contribution in [1.82, 2.24) is 0 Å². The van der Waals surface area contributed by atoms with Crippen LogP contribution in [-0.4, -0.2) is 37.2 Å². The Morgan fingerprint density at radius 1 is 0.280 bits per heavy atom. The number of rotatable bonds is 54. The van der Waals surface area contributed by atoms with Crippen molar-refractivity contribution in [2.75, 3.05) is 13.2 Å². The molecular formula is C69H112O6. The van der Waals surface area contributed by atoms with Crippen molar-refractivity contribution < 1.29 is 28.6 Å². The van der Waals surface area contributed by atoms with Crippen molar-refractivity contribution in [3.05, 3.63) is 134 Å². The fourth-order valence-electron chi connectivity index (χ4n) is 8.14. The van der Waals surface area contributed by atoms with Gasteiger partial charge in [-0.2, -0.15) is 0 Å². The zero-order valence-electron chi connectivity index (χ0n) is 48.5. The van der Waals surface area contributed by atoms with Gasteiger partial charge in [0.05, 0.1) is 0 Å². The van der Waals surface area contributed by atoms with Gasteiger partial charge in [-0.3, -0.25) is 14.4 Å². The summed E-state index contributed by atoms with van der Waals surface area (Å²) in [5, 5.41) is 0. The minimum absolute atomic E-state index is 0.109. The smallest absolute Gasteiger partial charge is 0.306 e. The van der Waals surface area contributed by atoms with Gasteiger partial charge in [0, 0.05) is 19.3 Å². The summed E-state index contributed by atoms with van der Waals surface area (Å²) in [5.74, 6) is -0.998. The van der Waals surface area contributed by atoms with Gasteiger partial charge in [-0.1, -0.05) is 276 Å². The van der Waals surface area contributed by atoms with E-state index in [0.29, 0.717) is 19.3 Å². The minimum atomic E-state index is -0.821. The normalized spacial score (nSPS) is 13.1. The fourth-order valence-corrected chi connectivity index (χ4v) is 8.14. The quantitative estimate of drug-likeness (QED) is 0.0261. The molecule has 1 unspecified atom stereocenters. The molecule has 0 fully saturated rings. The molecule has 1 atom stereocenters. The molecule has 0 radical (unpaired) electrons. The Kier molecular flexibility index (Phi) is 58.4. The molecule has 0 aliphatic heterocycles. The molecule has 0 aromatic heterocycles. The number of ether oxygens (including phenoxy) is 3. The van der Waals surface area contributed by atoms with Crippen LogP contribution in [0.25, 0.3) is 0 Å². The molecule has 0 aromatic rings. The van der Waals surface area contributed by atoms with Crippen molar-refractivity contribution >= 4 is 17.9 Å². The molecule has 0 spiro atoms. The molecular weight excluding hydrogens is 925 g/mol. The molecule has 75 heavy (non-hydrogen) atoms. The summed E-state index contributed by atoms with van der Waals surface area (Å²) in [6, 6.07) is 0. The molecule has 0 aromatic carbocycles. The van der Waals surface area contributed by atoms with Gasteiger partial charge in [0.25, 0.3) is 0 Å². The molecule has 424 valence electrons. The maximum atomic E-state index is 12.8. The molecule has 0 aliphatic carbocycles. The number of hydrogen-bond acceptors (Lipinski definition) is 6. The second kappa shape index (κ2) is 62.1. The van der Waals surface area contributed by atoms with Crippen LogP contribution in [0.3, 0.4) is 0 Å². The number of esters is 3. The number of unbranched alkanes of at least 4 members (excludes halogenated alkanes) is 21. The molecule has 0 N–H and O–H groups in total. The lowest BCUT2D eigenvalue weighted by atomic mass is 10.0. The van der Waals surface area contributed by atoms with Crippen molar-refractivity contribution in [1.29, 1.82) is 0 Å². The molecule has 6 heteroatoms. The zero-order valence-corrected chi connectivity index (χ0v) is 48.5.